The first-order valence-electron chi connectivity index (χ1n) is 10.4. The van der Waals surface area contributed by atoms with Crippen molar-refractivity contribution < 1.29 is 18.7 Å². The van der Waals surface area contributed by atoms with Crippen LogP contribution in [0.1, 0.15) is 34.3 Å². The van der Waals surface area contributed by atoms with Gasteiger partial charge < -0.3 is 29.8 Å². The van der Waals surface area contributed by atoms with Crippen LogP contribution in [0.2, 0.25) is 0 Å². The van der Waals surface area contributed by atoms with Crippen LogP contribution in [0.15, 0.2) is 52.9 Å². The number of fused-ring (bicyclic) bond motifs is 5. The summed E-state index contributed by atoms with van der Waals surface area (Å²) in [5, 5.41) is 12.6. The summed E-state index contributed by atoms with van der Waals surface area (Å²) >= 11 is 0. The molecule has 1 aromatic heterocycles. The van der Waals surface area contributed by atoms with E-state index in [0.29, 0.717) is 30.3 Å². The fourth-order valence-corrected chi connectivity index (χ4v) is 5.10. The molecule has 0 bridgehead atoms. The number of amides is 1. The van der Waals surface area contributed by atoms with Crippen LogP contribution in [-0.2, 0) is 16.8 Å². The molecular weight excluding hydrogens is 408 g/mol. The molecule has 2 atom stereocenters. The van der Waals surface area contributed by atoms with Gasteiger partial charge >= 0.3 is 0 Å². The zero-order chi connectivity index (χ0) is 21.9. The van der Waals surface area contributed by atoms with Crippen LogP contribution in [0.4, 0.5) is 5.69 Å². The molecule has 3 aliphatic heterocycles. The quantitative estimate of drug-likeness (QED) is 0.658. The van der Waals surface area contributed by atoms with E-state index in [0.717, 1.165) is 22.4 Å². The van der Waals surface area contributed by atoms with E-state index in [1.165, 1.54) is 0 Å². The number of carbonyl (C=O) groups is 1. The number of hydrogen-bond donors (Lipinski definition) is 2. The van der Waals surface area contributed by atoms with E-state index in [1.54, 1.807) is 17.0 Å². The highest BCUT2D eigenvalue weighted by Crippen LogP contribution is 2.52. The Balaban J connectivity index is 1.53. The van der Waals surface area contributed by atoms with Crippen molar-refractivity contribution in [2.24, 2.45) is 5.73 Å². The monoisotopic (exact) mass is 428 g/mol. The lowest BCUT2D eigenvalue weighted by atomic mass is 9.70. The number of ether oxygens (including phenoxy) is 2. The van der Waals surface area contributed by atoms with E-state index >= 15 is 0 Å². The maximum absolute atomic E-state index is 14.2. The second-order valence-corrected chi connectivity index (χ2v) is 8.15. The van der Waals surface area contributed by atoms with Crippen LogP contribution in [0.5, 0.6) is 11.5 Å². The van der Waals surface area contributed by atoms with Gasteiger partial charge in [0.2, 0.25) is 18.5 Å². The maximum Gasteiger partial charge on any atom is 0.243 e. The predicted octanol–water partition coefficient (Wildman–Crippen LogP) is 2.32. The van der Waals surface area contributed by atoms with Gasteiger partial charge in [-0.3, -0.25) is 4.79 Å². The van der Waals surface area contributed by atoms with Gasteiger partial charge in [0.1, 0.15) is 17.2 Å². The number of furan rings is 1. The number of nitrogens with two attached hydrogens (primary N) is 1. The normalized spacial score (nSPS) is 22.7. The number of rotatable bonds is 3. The van der Waals surface area contributed by atoms with Crippen molar-refractivity contribution in [1.82, 2.24) is 5.32 Å². The zero-order valence-corrected chi connectivity index (χ0v) is 17.1. The van der Waals surface area contributed by atoms with Crippen molar-refractivity contribution in [3.8, 4) is 17.6 Å². The van der Waals surface area contributed by atoms with Gasteiger partial charge in [0.15, 0.2) is 11.5 Å². The highest BCUT2D eigenvalue weighted by molar-refractivity contribution is 6.11. The molecule has 0 radical (unpaired) electrons. The molecule has 6 rings (SSSR count). The minimum Gasteiger partial charge on any atom is -0.454 e. The molecule has 2 aromatic carbocycles. The van der Waals surface area contributed by atoms with Gasteiger partial charge in [-0.15, -0.1) is 0 Å². The summed E-state index contributed by atoms with van der Waals surface area (Å²) < 4.78 is 16.8. The average Bonchev–Trinajstić information content (AvgIpc) is 3.53. The van der Waals surface area contributed by atoms with E-state index in [2.05, 4.69) is 5.32 Å². The first-order valence-corrected chi connectivity index (χ1v) is 10.4. The topological polar surface area (TPSA) is 114 Å². The van der Waals surface area contributed by atoms with Crippen LogP contribution >= 0.6 is 0 Å². The summed E-state index contributed by atoms with van der Waals surface area (Å²) in [4.78, 5) is 15.9. The molecule has 1 amide bonds. The van der Waals surface area contributed by atoms with E-state index < -0.39 is 5.41 Å². The molecule has 0 saturated carbocycles. The second-order valence-electron chi connectivity index (χ2n) is 8.15. The number of nitrogens with zero attached hydrogens (tertiary/aromatic N) is 2. The molecule has 0 fully saturated rings. The predicted molar refractivity (Wildman–Crippen MR) is 114 cm³/mol. The summed E-state index contributed by atoms with van der Waals surface area (Å²) in [6.07, 6.45) is 0. The van der Waals surface area contributed by atoms with E-state index in [1.807, 2.05) is 42.5 Å². The molecule has 3 N–H and O–H groups in total. The Morgan fingerprint density at radius 3 is 2.75 bits per heavy atom. The fourth-order valence-electron chi connectivity index (χ4n) is 5.10. The van der Waals surface area contributed by atoms with Gasteiger partial charge in [-0.1, -0.05) is 18.2 Å². The van der Waals surface area contributed by atoms with Gasteiger partial charge in [0.25, 0.3) is 0 Å². The van der Waals surface area contributed by atoms with E-state index in [-0.39, 0.29) is 31.0 Å². The van der Waals surface area contributed by atoms with Gasteiger partial charge in [-0.2, -0.15) is 5.26 Å². The highest BCUT2D eigenvalue weighted by Gasteiger charge is 2.55. The first-order chi connectivity index (χ1) is 15.7. The van der Waals surface area contributed by atoms with Crippen molar-refractivity contribution in [3.63, 3.8) is 0 Å². The third kappa shape index (κ3) is 2.46. The number of carbonyl (C=O) groups excluding carboxylic acids is 1. The molecule has 32 heavy (non-hydrogen) atoms. The largest absolute Gasteiger partial charge is 0.454 e. The summed E-state index contributed by atoms with van der Waals surface area (Å²) in [5.74, 6) is 2.01. The van der Waals surface area contributed by atoms with Crippen LogP contribution < -0.4 is 25.4 Å². The molecule has 2 unspecified atom stereocenters. The number of benzene rings is 2. The number of nitrogens with one attached hydrogen (secondary N) is 1. The van der Waals surface area contributed by atoms with Crippen LogP contribution in [0.3, 0.4) is 0 Å². The average molecular weight is 428 g/mol. The SMILES string of the molecule is N#Cc1ccc(CN2C(=O)C3(CNC(CN)c4cc5c(cc43)OCO5)c3ccccc32)o1. The Bertz CT molecular complexity index is 1290. The van der Waals surface area contributed by atoms with Crippen LogP contribution in [0.25, 0.3) is 0 Å². The summed E-state index contributed by atoms with van der Waals surface area (Å²) in [7, 11) is 0. The third-order valence-electron chi connectivity index (χ3n) is 6.58. The van der Waals surface area contributed by atoms with E-state index in [4.69, 9.17) is 24.9 Å². The minimum atomic E-state index is -0.927. The standard InChI is InChI=1S/C24H20N4O4/c25-9-14-5-6-15(32-14)11-28-20-4-2-1-3-17(20)24(23(28)29)12-27-19(10-26)16-7-21-22(8-18(16)24)31-13-30-21/h1-8,19,27H,10-13,26H2. The molecule has 8 heteroatoms. The molecule has 4 heterocycles. The Morgan fingerprint density at radius 1 is 1.16 bits per heavy atom. The number of hydrogen-bond acceptors (Lipinski definition) is 7. The Hall–Kier alpha value is -3.80. The fraction of sp³-hybridized carbons (Fsp3) is 0.250. The lowest BCUT2D eigenvalue weighted by Gasteiger charge is -2.39. The zero-order valence-electron chi connectivity index (χ0n) is 17.1. The van der Waals surface area contributed by atoms with Crippen LogP contribution in [-0.4, -0.2) is 25.8 Å². The molecule has 0 saturated heterocycles. The Morgan fingerprint density at radius 2 is 1.97 bits per heavy atom. The molecule has 8 nitrogen and oxygen atoms in total. The van der Waals surface area contributed by atoms with Gasteiger partial charge in [0, 0.05) is 24.8 Å². The maximum atomic E-state index is 14.2. The van der Waals surface area contributed by atoms with Gasteiger partial charge in [-0.25, -0.2) is 0 Å². The third-order valence-corrected chi connectivity index (χ3v) is 6.58. The summed E-state index contributed by atoms with van der Waals surface area (Å²) in [5.41, 5.74) is 8.69. The molecular formula is C24H20N4O4. The van der Waals surface area contributed by atoms with Crippen molar-refractivity contribution in [2.45, 2.75) is 18.0 Å². The Kier molecular flexibility index (Phi) is 4.05. The molecule has 0 aliphatic carbocycles. The number of para-hydroxylation sites is 1. The molecule has 3 aromatic rings. The van der Waals surface area contributed by atoms with Crippen molar-refractivity contribution in [2.75, 3.05) is 24.8 Å². The molecule has 160 valence electrons. The second kappa shape index (κ2) is 6.85. The minimum absolute atomic E-state index is 0.0586. The lowest BCUT2D eigenvalue weighted by molar-refractivity contribution is -0.122. The highest BCUT2D eigenvalue weighted by atomic mass is 16.7. The van der Waals surface area contributed by atoms with Crippen LogP contribution in [0, 0.1) is 11.3 Å². The van der Waals surface area contributed by atoms with Gasteiger partial charge in [0.05, 0.1) is 6.54 Å². The number of nitriles is 1. The van der Waals surface area contributed by atoms with Gasteiger partial charge in [-0.05, 0) is 47.0 Å². The smallest absolute Gasteiger partial charge is 0.243 e. The summed E-state index contributed by atoms with van der Waals surface area (Å²) in [6.45, 7) is 1.20. The van der Waals surface area contributed by atoms with Crippen molar-refractivity contribution in [3.05, 3.63) is 76.7 Å². The Labute approximate surface area is 184 Å². The van der Waals surface area contributed by atoms with Crippen molar-refractivity contribution >= 4 is 11.6 Å². The number of anilines is 1. The molecule has 3 aliphatic rings. The lowest BCUT2D eigenvalue weighted by Crippen LogP contribution is -2.53. The van der Waals surface area contributed by atoms with Crippen molar-refractivity contribution in [1.29, 1.82) is 5.26 Å². The van der Waals surface area contributed by atoms with E-state index in [9.17, 15) is 4.79 Å². The summed E-state index contributed by atoms with van der Waals surface area (Å²) in [6, 6.07) is 16.9. The first kappa shape index (κ1) is 18.9. The molecule has 1 spiro atoms.